The van der Waals surface area contributed by atoms with Crippen LogP contribution in [0, 0.1) is 13.8 Å². The van der Waals surface area contributed by atoms with E-state index >= 15 is 0 Å². The Morgan fingerprint density at radius 3 is 2.47 bits per heavy atom. The summed E-state index contributed by atoms with van der Waals surface area (Å²) in [6, 6.07) is 15.3. The number of ketones is 1. The van der Waals surface area contributed by atoms with Gasteiger partial charge in [-0.15, -0.1) is 0 Å². The molecule has 0 bridgehead atoms. The summed E-state index contributed by atoms with van der Waals surface area (Å²) >= 11 is 0. The van der Waals surface area contributed by atoms with Crippen LogP contribution in [-0.2, 0) is 17.5 Å². The first kappa shape index (κ1) is 27.3. The number of rotatable bonds is 8. The van der Waals surface area contributed by atoms with Crippen molar-refractivity contribution in [3.8, 4) is 11.1 Å². The van der Waals surface area contributed by atoms with Gasteiger partial charge >= 0.3 is 6.18 Å². The average molecular weight is 523 g/mol. The van der Waals surface area contributed by atoms with Crippen LogP contribution in [0.4, 0.5) is 13.2 Å². The maximum atomic E-state index is 13.8. The zero-order valence-electron chi connectivity index (χ0n) is 21.6. The molecule has 1 aromatic heterocycles. The number of carbonyl (C=O) groups excluding carboxylic acids is 1. The Morgan fingerprint density at radius 2 is 1.79 bits per heavy atom. The van der Waals surface area contributed by atoms with Gasteiger partial charge in [0.2, 0.25) is 0 Å². The number of fused-ring (bicyclic) bond motifs is 1. The van der Waals surface area contributed by atoms with Gasteiger partial charge in [0.15, 0.2) is 17.3 Å². The van der Waals surface area contributed by atoms with Gasteiger partial charge in [0.25, 0.3) is 0 Å². The lowest BCUT2D eigenvalue weighted by Crippen LogP contribution is -2.51. The van der Waals surface area contributed by atoms with Crippen LogP contribution in [0.5, 0.6) is 0 Å². The van der Waals surface area contributed by atoms with Gasteiger partial charge < -0.3 is 9.52 Å². The molecule has 8 heteroatoms. The lowest BCUT2D eigenvalue weighted by molar-refractivity contribution is -0.137. The second-order valence-corrected chi connectivity index (χ2v) is 9.59. The van der Waals surface area contributed by atoms with Crippen molar-refractivity contribution in [2.75, 3.05) is 6.61 Å². The van der Waals surface area contributed by atoms with Crippen LogP contribution < -0.4 is 5.32 Å². The minimum atomic E-state index is -4.54. The molecule has 38 heavy (non-hydrogen) atoms. The van der Waals surface area contributed by atoms with Crippen molar-refractivity contribution in [1.82, 2.24) is 10.3 Å². The molecule has 1 heterocycles. The molecule has 198 valence electrons. The van der Waals surface area contributed by atoms with E-state index in [0.717, 1.165) is 33.8 Å². The number of aromatic nitrogens is 1. The number of nitrogens with one attached hydrogen (secondary N) is 1. The van der Waals surface area contributed by atoms with Gasteiger partial charge in [-0.2, -0.15) is 13.2 Å². The lowest BCUT2D eigenvalue weighted by atomic mass is 9.95. The predicted molar refractivity (Wildman–Crippen MR) is 142 cm³/mol. The van der Waals surface area contributed by atoms with Gasteiger partial charge in [-0.25, -0.2) is 4.98 Å². The summed E-state index contributed by atoms with van der Waals surface area (Å²) in [6.45, 7) is 6.31. The molecule has 0 aliphatic heterocycles. The molecule has 0 unspecified atom stereocenters. The molecule has 1 atom stereocenters. The van der Waals surface area contributed by atoms with Crippen LogP contribution in [0.2, 0.25) is 0 Å². The molecule has 4 aromatic rings. The van der Waals surface area contributed by atoms with Crippen molar-refractivity contribution >= 4 is 29.0 Å². The summed E-state index contributed by atoms with van der Waals surface area (Å²) in [4.78, 5) is 16.2. The van der Waals surface area contributed by atoms with E-state index in [1.807, 2.05) is 43.3 Å². The molecule has 2 N–H and O–H groups in total. The van der Waals surface area contributed by atoms with Crippen molar-refractivity contribution < 1.29 is 27.5 Å². The fourth-order valence-corrected chi connectivity index (χ4v) is 4.24. The summed E-state index contributed by atoms with van der Waals surface area (Å²) in [5, 5.41) is 12.5. The number of nitrogens with zero attached hydrogens (tertiary/aromatic N) is 1. The Labute approximate surface area is 219 Å². The zero-order chi connectivity index (χ0) is 27.7. The minimum Gasteiger partial charge on any atom is -0.441 e. The van der Waals surface area contributed by atoms with Crippen molar-refractivity contribution in [2.24, 2.45) is 0 Å². The van der Waals surface area contributed by atoms with E-state index in [0.29, 0.717) is 17.0 Å². The van der Waals surface area contributed by atoms with Gasteiger partial charge in [0, 0.05) is 13.5 Å². The highest BCUT2D eigenvalue weighted by molar-refractivity contribution is 5.86. The molecule has 0 fully saturated rings. The molecule has 0 saturated carbocycles. The minimum absolute atomic E-state index is 0.00804. The maximum Gasteiger partial charge on any atom is 0.416 e. The maximum absolute atomic E-state index is 13.8. The summed E-state index contributed by atoms with van der Waals surface area (Å²) in [5.74, 6) is 0.311. The predicted octanol–water partition coefficient (Wildman–Crippen LogP) is 6.73. The Hall–Kier alpha value is -3.75. The number of alkyl halides is 3. The molecular weight excluding hydrogens is 493 g/mol. The van der Waals surface area contributed by atoms with Gasteiger partial charge in [-0.3, -0.25) is 10.1 Å². The third kappa shape index (κ3) is 5.71. The second kappa shape index (κ2) is 10.6. The van der Waals surface area contributed by atoms with E-state index in [-0.39, 0.29) is 17.9 Å². The van der Waals surface area contributed by atoms with Crippen molar-refractivity contribution in [2.45, 2.75) is 46.0 Å². The van der Waals surface area contributed by atoms with Crippen molar-refractivity contribution in [3.05, 3.63) is 88.3 Å². The first-order chi connectivity index (χ1) is 17.9. The number of aliphatic hydroxyl groups excluding tert-OH is 1. The van der Waals surface area contributed by atoms with Gasteiger partial charge in [-0.1, -0.05) is 42.5 Å². The SMILES string of the molecule is CC(=O)[C@](C)(CO)NCc1ccc(C(F)(F)F)c(/C=C/c2cccc(-c3ccc4nc(C)oc4c3)c2C)c1. The van der Waals surface area contributed by atoms with Crippen LogP contribution in [0.3, 0.4) is 0 Å². The highest BCUT2D eigenvalue weighted by atomic mass is 19.4. The standard InChI is InChI=1S/C30H29F3N2O3/c1-18-22(6-5-7-25(18)23-11-13-27-28(15-23)38-20(3)35-27)9-10-24-14-21(8-12-26(24)30(31,32)33)16-34-29(4,17-36)19(2)37/h5-15,34,36H,16-17H2,1-4H3/b10-9+/t29-/m0/s1. The van der Waals surface area contributed by atoms with Crippen LogP contribution in [0.25, 0.3) is 34.4 Å². The highest BCUT2D eigenvalue weighted by Gasteiger charge is 2.33. The third-order valence-electron chi connectivity index (χ3n) is 6.82. The van der Waals surface area contributed by atoms with Crippen LogP contribution in [0.15, 0.2) is 59.0 Å². The normalized spacial score (nSPS) is 13.8. The Kier molecular flexibility index (Phi) is 7.58. The van der Waals surface area contributed by atoms with E-state index in [2.05, 4.69) is 10.3 Å². The molecule has 3 aromatic carbocycles. The number of Topliss-reactive ketones (excluding diaryl/α,β-unsaturated/α-hetero) is 1. The number of benzene rings is 3. The molecule has 4 rings (SSSR count). The quantitative estimate of drug-likeness (QED) is 0.251. The van der Waals surface area contributed by atoms with Gasteiger partial charge in [0.1, 0.15) is 5.52 Å². The first-order valence-corrected chi connectivity index (χ1v) is 12.1. The number of oxazole rings is 1. The van der Waals surface area contributed by atoms with E-state index < -0.39 is 23.9 Å². The summed E-state index contributed by atoms with van der Waals surface area (Å²) in [5.41, 5.74) is 3.60. The topological polar surface area (TPSA) is 75.4 Å². The molecule has 0 spiro atoms. The van der Waals surface area contributed by atoms with Gasteiger partial charge in [0.05, 0.1) is 17.7 Å². The Balaban J connectivity index is 1.67. The van der Waals surface area contributed by atoms with E-state index in [4.69, 9.17) is 4.42 Å². The van der Waals surface area contributed by atoms with Gasteiger partial charge in [-0.05, 0) is 78.4 Å². The third-order valence-corrected chi connectivity index (χ3v) is 6.82. The van der Waals surface area contributed by atoms with Crippen molar-refractivity contribution in [1.29, 1.82) is 0 Å². The largest absolute Gasteiger partial charge is 0.441 e. The highest BCUT2D eigenvalue weighted by Crippen LogP contribution is 2.34. The average Bonchev–Trinajstić information content (AvgIpc) is 3.25. The Bertz CT molecular complexity index is 1520. The number of halogens is 3. The zero-order valence-corrected chi connectivity index (χ0v) is 21.6. The lowest BCUT2D eigenvalue weighted by Gasteiger charge is -2.26. The van der Waals surface area contributed by atoms with Crippen molar-refractivity contribution in [3.63, 3.8) is 0 Å². The number of hydrogen-bond acceptors (Lipinski definition) is 5. The smallest absolute Gasteiger partial charge is 0.416 e. The van der Waals surface area contributed by atoms with Crippen LogP contribution in [-0.4, -0.2) is 28.0 Å². The second-order valence-electron chi connectivity index (χ2n) is 9.59. The molecule has 0 saturated heterocycles. The molecule has 0 aliphatic carbocycles. The number of hydrogen-bond donors (Lipinski definition) is 2. The van der Waals surface area contributed by atoms with E-state index in [9.17, 15) is 23.1 Å². The molecule has 5 nitrogen and oxygen atoms in total. The number of aliphatic hydroxyl groups is 1. The fraction of sp³-hybridized carbons (Fsp3) is 0.267. The summed E-state index contributed by atoms with van der Waals surface area (Å²) in [7, 11) is 0. The molecule has 0 amide bonds. The fourth-order valence-electron chi connectivity index (χ4n) is 4.24. The first-order valence-electron chi connectivity index (χ1n) is 12.1. The molecule has 0 radical (unpaired) electrons. The van der Waals surface area contributed by atoms with Crippen LogP contribution >= 0.6 is 0 Å². The summed E-state index contributed by atoms with van der Waals surface area (Å²) in [6.07, 6.45) is -1.41. The molecular formula is C30H29F3N2O3. The molecule has 0 aliphatic rings. The van der Waals surface area contributed by atoms with Crippen LogP contribution in [0.1, 0.15) is 47.6 Å². The number of aryl methyl sites for hydroxylation is 1. The Morgan fingerprint density at radius 1 is 1.05 bits per heavy atom. The van der Waals surface area contributed by atoms with E-state index in [1.165, 1.54) is 25.1 Å². The number of carbonyl (C=O) groups is 1. The summed E-state index contributed by atoms with van der Waals surface area (Å²) < 4.78 is 47.0. The monoisotopic (exact) mass is 522 g/mol. The van der Waals surface area contributed by atoms with E-state index in [1.54, 1.807) is 19.9 Å².